The lowest BCUT2D eigenvalue weighted by molar-refractivity contribution is 0.398. The summed E-state index contributed by atoms with van der Waals surface area (Å²) in [4.78, 5) is 6.64. The van der Waals surface area contributed by atoms with E-state index in [0.717, 1.165) is 31.6 Å². The van der Waals surface area contributed by atoms with Crippen LogP contribution >= 0.6 is 12.2 Å². The van der Waals surface area contributed by atoms with Gasteiger partial charge in [-0.2, -0.15) is 0 Å². The Labute approximate surface area is 154 Å². The summed E-state index contributed by atoms with van der Waals surface area (Å²) in [5.41, 5.74) is 3.67. The van der Waals surface area contributed by atoms with Gasteiger partial charge in [-0.25, -0.2) is 4.98 Å². The van der Waals surface area contributed by atoms with Gasteiger partial charge in [0.1, 0.15) is 0 Å². The zero-order valence-corrected chi connectivity index (χ0v) is 15.5. The van der Waals surface area contributed by atoms with Gasteiger partial charge < -0.3 is 20.3 Å². The number of hydrogen-bond donors (Lipinski definition) is 2. The third kappa shape index (κ3) is 4.39. The molecule has 0 spiro atoms. The molecule has 1 aliphatic heterocycles. The molecule has 25 heavy (non-hydrogen) atoms. The summed E-state index contributed by atoms with van der Waals surface area (Å²) in [5.74, 6) is 0.587. The molecule has 0 radical (unpaired) electrons. The van der Waals surface area contributed by atoms with Gasteiger partial charge in [-0.3, -0.25) is 0 Å². The molecule has 0 fully saturated rings. The van der Waals surface area contributed by atoms with Crippen LogP contribution in [0.3, 0.4) is 0 Å². The molecule has 3 rings (SSSR count). The van der Waals surface area contributed by atoms with E-state index in [1.165, 1.54) is 11.3 Å². The highest BCUT2D eigenvalue weighted by molar-refractivity contribution is 7.80. The highest BCUT2D eigenvalue weighted by Gasteiger charge is 2.24. The number of fused-ring (bicyclic) bond motifs is 1. The molecule has 2 N–H and O–H groups in total. The molecular formula is C19H24N4OS. The molecule has 1 aromatic heterocycles. The van der Waals surface area contributed by atoms with Gasteiger partial charge in [0.25, 0.3) is 0 Å². The van der Waals surface area contributed by atoms with E-state index in [2.05, 4.69) is 51.7 Å². The van der Waals surface area contributed by atoms with Crippen LogP contribution < -0.4 is 20.3 Å². The van der Waals surface area contributed by atoms with Crippen molar-refractivity contribution in [2.75, 3.05) is 30.4 Å². The Balaban J connectivity index is 1.41. The van der Waals surface area contributed by atoms with Crippen molar-refractivity contribution in [3.05, 3.63) is 48.2 Å². The molecule has 0 amide bonds. The summed E-state index contributed by atoms with van der Waals surface area (Å²) >= 11 is 5.34. The molecule has 2 heterocycles. The Bertz CT molecular complexity index is 720. The van der Waals surface area contributed by atoms with Crippen molar-refractivity contribution in [3.8, 4) is 5.88 Å². The van der Waals surface area contributed by atoms with Crippen molar-refractivity contribution in [2.45, 2.75) is 25.8 Å². The summed E-state index contributed by atoms with van der Waals surface area (Å²) < 4.78 is 5.04. The maximum absolute atomic E-state index is 5.34. The van der Waals surface area contributed by atoms with E-state index in [4.69, 9.17) is 17.0 Å². The maximum atomic E-state index is 5.34. The Kier molecular flexibility index (Phi) is 5.71. The van der Waals surface area contributed by atoms with Gasteiger partial charge in [0.15, 0.2) is 5.11 Å². The Morgan fingerprint density at radius 3 is 2.92 bits per heavy atom. The highest BCUT2D eigenvalue weighted by Crippen LogP contribution is 2.31. The van der Waals surface area contributed by atoms with Crippen molar-refractivity contribution < 1.29 is 4.74 Å². The second-order valence-corrected chi connectivity index (χ2v) is 6.61. The van der Waals surface area contributed by atoms with Crippen LogP contribution in [0.15, 0.2) is 42.6 Å². The number of ether oxygens (including phenoxy) is 1. The summed E-state index contributed by atoms with van der Waals surface area (Å²) in [6.07, 6.45) is 3.87. The third-order valence-electron chi connectivity index (χ3n) is 4.41. The molecule has 0 aliphatic carbocycles. The Morgan fingerprint density at radius 2 is 2.16 bits per heavy atom. The average molecular weight is 356 g/mol. The minimum absolute atomic E-state index is 0.563. The largest absolute Gasteiger partial charge is 0.481 e. The van der Waals surface area contributed by atoms with E-state index < -0.39 is 0 Å². The summed E-state index contributed by atoms with van der Waals surface area (Å²) in [6.45, 7) is 4.15. The van der Waals surface area contributed by atoms with Gasteiger partial charge in [-0.15, -0.1) is 0 Å². The minimum Gasteiger partial charge on any atom is -0.481 e. The first-order chi connectivity index (χ1) is 12.2. The van der Waals surface area contributed by atoms with E-state index in [0.29, 0.717) is 17.0 Å². The maximum Gasteiger partial charge on any atom is 0.213 e. The summed E-state index contributed by atoms with van der Waals surface area (Å²) in [7, 11) is 1.60. The standard InChI is InChI=1S/C19H24N4OS/c1-14-12-15-6-3-4-7-17(15)23(14)11-5-10-20-19(25)22-16-8-9-18(24-2)21-13-16/h3-4,6-9,13-14H,5,10-12H2,1-2H3,(H2,20,22,25)/t14-/m1/s1. The van der Waals surface area contributed by atoms with Crippen LogP contribution in [-0.2, 0) is 6.42 Å². The summed E-state index contributed by atoms with van der Waals surface area (Å²) in [6, 6.07) is 12.9. The predicted octanol–water partition coefficient (Wildman–Crippen LogP) is 3.22. The van der Waals surface area contributed by atoms with Gasteiger partial charge in [0.2, 0.25) is 5.88 Å². The third-order valence-corrected chi connectivity index (χ3v) is 4.66. The number of aromatic nitrogens is 1. The number of pyridine rings is 1. The van der Waals surface area contributed by atoms with Crippen molar-refractivity contribution >= 4 is 28.7 Å². The number of nitrogens with one attached hydrogen (secondary N) is 2. The monoisotopic (exact) mass is 356 g/mol. The molecule has 1 atom stereocenters. The van der Waals surface area contributed by atoms with Crippen LogP contribution in [0.2, 0.25) is 0 Å². The quantitative estimate of drug-likeness (QED) is 0.612. The van der Waals surface area contributed by atoms with Crippen LogP contribution in [0, 0.1) is 0 Å². The second kappa shape index (κ2) is 8.16. The number of methoxy groups -OCH3 is 1. The zero-order valence-electron chi connectivity index (χ0n) is 14.7. The van der Waals surface area contributed by atoms with E-state index >= 15 is 0 Å². The minimum atomic E-state index is 0.563. The average Bonchev–Trinajstić information content (AvgIpc) is 2.95. The van der Waals surface area contributed by atoms with Crippen LogP contribution in [0.4, 0.5) is 11.4 Å². The number of hydrogen-bond acceptors (Lipinski definition) is 4. The van der Waals surface area contributed by atoms with E-state index in [-0.39, 0.29) is 0 Å². The van der Waals surface area contributed by atoms with Gasteiger partial charge in [-0.05, 0) is 49.7 Å². The lowest BCUT2D eigenvalue weighted by atomic mass is 10.1. The van der Waals surface area contributed by atoms with Crippen molar-refractivity contribution in [3.63, 3.8) is 0 Å². The second-order valence-electron chi connectivity index (χ2n) is 6.20. The molecule has 0 bridgehead atoms. The fraction of sp³-hybridized carbons (Fsp3) is 0.368. The van der Waals surface area contributed by atoms with E-state index in [9.17, 15) is 0 Å². The lowest BCUT2D eigenvalue weighted by Gasteiger charge is -2.25. The smallest absolute Gasteiger partial charge is 0.213 e. The van der Waals surface area contributed by atoms with Crippen molar-refractivity contribution in [1.29, 1.82) is 0 Å². The fourth-order valence-electron chi connectivity index (χ4n) is 3.17. The van der Waals surface area contributed by atoms with Crippen LogP contribution in [0.5, 0.6) is 5.88 Å². The molecule has 6 heteroatoms. The van der Waals surface area contributed by atoms with Gasteiger partial charge in [0.05, 0.1) is 19.0 Å². The first-order valence-electron chi connectivity index (χ1n) is 8.57. The number of anilines is 2. The van der Waals surface area contributed by atoms with Gasteiger partial charge in [0, 0.05) is 30.9 Å². The highest BCUT2D eigenvalue weighted by atomic mass is 32.1. The van der Waals surface area contributed by atoms with Crippen molar-refractivity contribution in [2.24, 2.45) is 0 Å². The lowest BCUT2D eigenvalue weighted by Crippen LogP contribution is -2.34. The van der Waals surface area contributed by atoms with Gasteiger partial charge in [-0.1, -0.05) is 18.2 Å². The van der Waals surface area contributed by atoms with E-state index in [1.807, 2.05) is 6.07 Å². The normalized spacial score (nSPS) is 15.6. The predicted molar refractivity (Wildman–Crippen MR) is 107 cm³/mol. The molecule has 0 saturated heterocycles. The van der Waals surface area contributed by atoms with Gasteiger partial charge >= 0.3 is 0 Å². The fourth-order valence-corrected chi connectivity index (χ4v) is 3.39. The molecule has 132 valence electrons. The molecule has 2 aromatic rings. The first-order valence-corrected chi connectivity index (χ1v) is 8.97. The van der Waals surface area contributed by atoms with Crippen LogP contribution in [0.1, 0.15) is 18.9 Å². The number of benzene rings is 1. The Hall–Kier alpha value is -2.34. The molecule has 1 aliphatic rings. The zero-order chi connectivity index (χ0) is 17.6. The number of thiocarbonyl (C=S) groups is 1. The molecule has 1 aromatic carbocycles. The number of rotatable bonds is 6. The number of nitrogens with zero attached hydrogens (tertiary/aromatic N) is 2. The molecular weight excluding hydrogens is 332 g/mol. The molecule has 5 nitrogen and oxygen atoms in total. The summed E-state index contributed by atoms with van der Waals surface area (Å²) in [5, 5.41) is 7.00. The van der Waals surface area contributed by atoms with Crippen LogP contribution in [0.25, 0.3) is 0 Å². The van der Waals surface area contributed by atoms with Crippen molar-refractivity contribution in [1.82, 2.24) is 10.3 Å². The first kappa shape index (κ1) is 17.5. The Morgan fingerprint density at radius 1 is 1.32 bits per heavy atom. The topological polar surface area (TPSA) is 49.4 Å². The van der Waals surface area contributed by atoms with E-state index in [1.54, 1.807) is 19.4 Å². The SMILES string of the molecule is COc1ccc(NC(=S)NCCCN2c3ccccc3C[C@H]2C)cn1. The number of para-hydroxylation sites is 1. The molecule has 0 saturated carbocycles. The molecule has 0 unspecified atom stereocenters. The van der Waals surface area contributed by atoms with Crippen LogP contribution in [-0.4, -0.2) is 36.3 Å².